The molecule has 0 amide bonds. The molecule has 0 bridgehead atoms. The summed E-state index contributed by atoms with van der Waals surface area (Å²) in [6.45, 7) is 1.68. The smallest absolute Gasteiger partial charge is 0.164 e. The van der Waals surface area contributed by atoms with Gasteiger partial charge in [-0.2, -0.15) is 0 Å². The van der Waals surface area contributed by atoms with Crippen LogP contribution in [0.1, 0.15) is 6.92 Å². The molecular weight excluding hydrogens is 132 g/mol. The standard InChI is InChI=1S/C7H10O3/c1-4-5(8)3-6(10-2)7(4)9/h3-4,7,9H,1-2H3/t4-,7+/m1/s1. The molecule has 3 nitrogen and oxygen atoms in total. The molecule has 0 aromatic rings. The zero-order valence-electron chi connectivity index (χ0n) is 6.00. The Kier molecular flexibility index (Phi) is 1.76. The van der Waals surface area contributed by atoms with E-state index in [-0.39, 0.29) is 11.7 Å². The molecule has 3 heteroatoms. The fraction of sp³-hybridized carbons (Fsp3) is 0.571. The number of ketones is 1. The predicted molar refractivity (Wildman–Crippen MR) is 35.3 cm³/mol. The number of hydrogen-bond acceptors (Lipinski definition) is 3. The summed E-state index contributed by atoms with van der Waals surface area (Å²) < 4.78 is 4.75. The third-order valence-electron chi connectivity index (χ3n) is 1.73. The molecule has 0 aromatic carbocycles. The first-order valence-electron chi connectivity index (χ1n) is 3.14. The zero-order valence-corrected chi connectivity index (χ0v) is 6.00. The average Bonchev–Trinajstić information content (AvgIpc) is 2.17. The van der Waals surface area contributed by atoms with Crippen LogP contribution in [0.3, 0.4) is 0 Å². The monoisotopic (exact) mass is 142 g/mol. The highest BCUT2D eigenvalue weighted by atomic mass is 16.5. The minimum atomic E-state index is -0.738. The minimum absolute atomic E-state index is 0.0654. The van der Waals surface area contributed by atoms with Gasteiger partial charge in [0.1, 0.15) is 11.9 Å². The normalized spacial score (nSPS) is 32.3. The van der Waals surface area contributed by atoms with Crippen LogP contribution in [0.25, 0.3) is 0 Å². The van der Waals surface area contributed by atoms with Crippen molar-refractivity contribution in [2.24, 2.45) is 5.92 Å². The van der Waals surface area contributed by atoms with Crippen molar-refractivity contribution < 1.29 is 14.6 Å². The maximum Gasteiger partial charge on any atom is 0.164 e. The number of carbonyl (C=O) groups excluding carboxylic acids is 1. The van der Waals surface area contributed by atoms with Crippen molar-refractivity contribution in [1.82, 2.24) is 0 Å². The second-order valence-electron chi connectivity index (χ2n) is 2.39. The van der Waals surface area contributed by atoms with Crippen LogP contribution in [0.2, 0.25) is 0 Å². The molecule has 0 aromatic heterocycles. The van der Waals surface area contributed by atoms with Crippen LogP contribution >= 0.6 is 0 Å². The van der Waals surface area contributed by atoms with E-state index in [1.54, 1.807) is 6.92 Å². The van der Waals surface area contributed by atoms with Crippen LogP contribution in [0.5, 0.6) is 0 Å². The Morgan fingerprint density at radius 2 is 2.30 bits per heavy atom. The number of aliphatic hydroxyl groups is 1. The van der Waals surface area contributed by atoms with Crippen molar-refractivity contribution in [3.05, 3.63) is 11.8 Å². The highest BCUT2D eigenvalue weighted by molar-refractivity contribution is 5.95. The van der Waals surface area contributed by atoms with Crippen molar-refractivity contribution in [1.29, 1.82) is 0 Å². The van der Waals surface area contributed by atoms with E-state index in [1.807, 2.05) is 0 Å². The lowest BCUT2D eigenvalue weighted by atomic mass is 10.1. The van der Waals surface area contributed by atoms with Crippen LogP contribution in [0.15, 0.2) is 11.8 Å². The number of ether oxygens (including phenoxy) is 1. The van der Waals surface area contributed by atoms with Gasteiger partial charge >= 0.3 is 0 Å². The third-order valence-corrected chi connectivity index (χ3v) is 1.73. The summed E-state index contributed by atoms with van der Waals surface area (Å²) in [6, 6.07) is 0. The van der Waals surface area contributed by atoms with Crippen LogP contribution in [-0.2, 0) is 9.53 Å². The van der Waals surface area contributed by atoms with Gasteiger partial charge in [-0.15, -0.1) is 0 Å². The van der Waals surface area contributed by atoms with Gasteiger partial charge in [-0.1, -0.05) is 6.92 Å². The molecule has 0 aliphatic heterocycles. The van der Waals surface area contributed by atoms with Crippen LogP contribution in [-0.4, -0.2) is 24.1 Å². The zero-order chi connectivity index (χ0) is 7.72. The Labute approximate surface area is 59.3 Å². The summed E-state index contributed by atoms with van der Waals surface area (Å²) in [7, 11) is 1.44. The van der Waals surface area contributed by atoms with E-state index in [1.165, 1.54) is 13.2 Å². The molecule has 1 aliphatic carbocycles. The van der Waals surface area contributed by atoms with Crippen molar-refractivity contribution >= 4 is 5.78 Å². The van der Waals surface area contributed by atoms with E-state index < -0.39 is 6.10 Å². The number of rotatable bonds is 1. The number of allylic oxidation sites excluding steroid dienone is 1. The largest absolute Gasteiger partial charge is 0.498 e. The lowest BCUT2D eigenvalue weighted by Crippen LogP contribution is -2.19. The Bertz CT molecular complexity index is 183. The van der Waals surface area contributed by atoms with Gasteiger partial charge in [0, 0.05) is 6.08 Å². The molecule has 0 saturated carbocycles. The Hall–Kier alpha value is -0.830. The maximum atomic E-state index is 10.8. The highest BCUT2D eigenvalue weighted by Crippen LogP contribution is 2.21. The molecule has 0 fully saturated rings. The van der Waals surface area contributed by atoms with E-state index in [0.29, 0.717) is 5.76 Å². The molecule has 1 N–H and O–H groups in total. The Morgan fingerprint density at radius 1 is 1.70 bits per heavy atom. The van der Waals surface area contributed by atoms with Gasteiger partial charge in [0.05, 0.1) is 13.0 Å². The van der Waals surface area contributed by atoms with Gasteiger partial charge in [0.2, 0.25) is 0 Å². The number of carbonyl (C=O) groups is 1. The van der Waals surface area contributed by atoms with Crippen LogP contribution < -0.4 is 0 Å². The molecule has 0 saturated heterocycles. The predicted octanol–water partition coefficient (Wildman–Crippen LogP) is 0.0964. The van der Waals surface area contributed by atoms with Gasteiger partial charge < -0.3 is 9.84 Å². The lowest BCUT2D eigenvalue weighted by molar-refractivity contribution is -0.118. The van der Waals surface area contributed by atoms with Gasteiger partial charge in [-0.3, -0.25) is 4.79 Å². The molecule has 1 rings (SSSR count). The van der Waals surface area contributed by atoms with Crippen LogP contribution in [0, 0.1) is 5.92 Å². The number of aliphatic hydroxyl groups excluding tert-OH is 1. The Balaban J connectivity index is 2.78. The van der Waals surface area contributed by atoms with Crippen molar-refractivity contribution in [3.8, 4) is 0 Å². The van der Waals surface area contributed by atoms with Crippen molar-refractivity contribution in [2.75, 3.05) is 7.11 Å². The molecule has 10 heavy (non-hydrogen) atoms. The molecule has 1 aliphatic rings. The summed E-state index contributed by atoms with van der Waals surface area (Å²) in [5, 5.41) is 9.21. The lowest BCUT2D eigenvalue weighted by Gasteiger charge is -2.09. The van der Waals surface area contributed by atoms with Crippen LogP contribution in [0.4, 0.5) is 0 Å². The summed E-state index contributed by atoms with van der Waals surface area (Å²) in [4.78, 5) is 10.8. The number of methoxy groups -OCH3 is 1. The second-order valence-corrected chi connectivity index (χ2v) is 2.39. The first-order valence-corrected chi connectivity index (χ1v) is 3.14. The summed E-state index contributed by atoms with van der Waals surface area (Å²) in [5.41, 5.74) is 0. The van der Waals surface area contributed by atoms with E-state index in [4.69, 9.17) is 4.74 Å². The fourth-order valence-corrected chi connectivity index (χ4v) is 0.939. The van der Waals surface area contributed by atoms with Crippen molar-refractivity contribution in [2.45, 2.75) is 13.0 Å². The van der Waals surface area contributed by atoms with E-state index in [9.17, 15) is 9.90 Å². The van der Waals surface area contributed by atoms with Gasteiger partial charge in [-0.05, 0) is 0 Å². The highest BCUT2D eigenvalue weighted by Gasteiger charge is 2.31. The summed E-state index contributed by atoms with van der Waals surface area (Å²) >= 11 is 0. The molecule has 2 atom stereocenters. The third kappa shape index (κ3) is 0.926. The molecule has 0 radical (unpaired) electrons. The van der Waals surface area contributed by atoms with E-state index in [0.717, 1.165) is 0 Å². The maximum absolute atomic E-state index is 10.8. The first kappa shape index (κ1) is 7.28. The average molecular weight is 142 g/mol. The van der Waals surface area contributed by atoms with E-state index in [2.05, 4.69) is 0 Å². The molecular formula is C7H10O3. The first-order chi connectivity index (χ1) is 4.66. The van der Waals surface area contributed by atoms with Gasteiger partial charge in [-0.25, -0.2) is 0 Å². The fourth-order valence-electron chi connectivity index (χ4n) is 0.939. The molecule has 0 unspecified atom stereocenters. The van der Waals surface area contributed by atoms with E-state index >= 15 is 0 Å². The number of hydrogen-bond donors (Lipinski definition) is 1. The minimum Gasteiger partial charge on any atom is -0.498 e. The van der Waals surface area contributed by atoms with Gasteiger partial charge in [0.15, 0.2) is 5.78 Å². The summed E-state index contributed by atoms with van der Waals surface area (Å²) in [5.74, 6) is -0.0307. The molecule has 0 heterocycles. The summed E-state index contributed by atoms with van der Waals surface area (Å²) in [6.07, 6.45) is 0.604. The second kappa shape index (κ2) is 2.42. The topological polar surface area (TPSA) is 46.5 Å². The Morgan fingerprint density at radius 3 is 2.50 bits per heavy atom. The van der Waals surface area contributed by atoms with Gasteiger partial charge in [0.25, 0.3) is 0 Å². The quantitative estimate of drug-likeness (QED) is 0.564. The molecule has 56 valence electrons. The van der Waals surface area contributed by atoms with Crippen molar-refractivity contribution in [3.63, 3.8) is 0 Å². The SMILES string of the molecule is COC1=CC(=O)[C@@H](C)[C@@H]1O. The molecule has 0 spiro atoms.